The van der Waals surface area contributed by atoms with E-state index in [1.54, 1.807) is 25.1 Å². The second-order valence-corrected chi connectivity index (χ2v) is 7.99. The number of fused-ring (bicyclic) bond motifs is 1. The third kappa shape index (κ3) is 3.97. The molecule has 7 nitrogen and oxygen atoms in total. The molecule has 1 unspecified atom stereocenters. The van der Waals surface area contributed by atoms with E-state index in [4.69, 9.17) is 4.52 Å². The molecule has 0 radical (unpaired) electrons. The Morgan fingerprint density at radius 3 is 2.41 bits per heavy atom. The first-order valence-electron chi connectivity index (χ1n) is 10.6. The van der Waals surface area contributed by atoms with E-state index in [1.165, 1.54) is 0 Å². The van der Waals surface area contributed by atoms with E-state index in [2.05, 4.69) is 20.8 Å². The first-order valence-corrected chi connectivity index (χ1v) is 10.6. The number of amides is 2. The van der Waals surface area contributed by atoms with Crippen molar-refractivity contribution in [1.29, 1.82) is 0 Å². The van der Waals surface area contributed by atoms with Gasteiger partial charge in [-0.25, -0.2) is 4.98 Å². The van der Waals surface area contributed by atoms with Crippen LogP contribution < -0.4 is 10.6 Å². The number of rotatable bonds is 6. The highest BCUT2D eigenvalue weighted by molar-refractivity contribution is 6.08. The van der Waals surface area contributed by atoms with E-state index >= 15 is 0 Å². The lowest BCUT2D eigenvalue weighted by Gasteiger charge is -2.19. The van der Waals surface area contributed by atoms with Gasteiger partial charge in [0.1, 0.15) is 6.04 Å². The van der Waals surface area contributed by atoms with E-state index in [1.807, 2.05) is 48.5 Å². The van der Waals surface area contributed by atoms with Gasteiger partial charge in [0, 0.05) is 17.3 Å². The molecular weight excluding hydrogens is 404 g/mol. The third-order valence-electron chi connectivity index (χ3n) is 5.59. The molecule has 5 rings (SSSR count). The van der Waals surface area contributed by atoms with Crippen LogP contribution in [0.2, 0.25) is 0 Å². The second-order valence-electron chi connectivity index (χ2n) is 7.99. The minimum atomic E-state index is -0.878. The molecule has 2 amide bonds. The lowest BCUT2D eigenvalue weighted by molar-refractivity contribution is -0.118. The van der Waals surface area contributed by atoms with E-state index in [-0.39, 0.29) is 11.8 Å². The molecule has 7 heteroatoms. The summed E-state index contributed by atoms with van der Waals surface area (Å²) in [6, 6.07) is 19.3. The maximum atomic E-state index is 13.5. The topological polar surface area (TPSA) is 97.1 Å². The fourth-order valence-electron chi connectivity index (χ4n) is 3.77. The molecule has 1 aliphatic carbocycles. The van der Waals surface area contributed by atoms with Gasteiger partial charge in [-0.2, -0.15) is 0 Å². The Morgan fingerprint density at radius 2 is 1.72 bits per heavy atom. The van der Waals surface area contributed by atoms with Crippen LogP contribution in [0.1, 0.15) is 52.1 Å². The molecule has 1 aliphatic rings. The summed E-state index contributed by atoms with van der Waals surface area (Å²) in [4.78, 5) is 31.2. The number of pyridine rings is 1. The van der Waals surface area contributed by atoms with Crippen LogP contribution in [0, 0.1) is 6.92 Å². The zero-order valence-corrected chi connectivity index (χ0v) is 17.5. The summed E-state index contributed by atoms with van der Waals surface area (Å²) in [7, 11) is 0. The van der Waals surface area contributed by atoms with Crippen LogP contribution in [0.5, 0.6) is 0 Å². The summed E-state index contributed by atoms with van der Waals surface area (Å²) in [5.41, 5.74) is 3.52. The average Bonchev–Trinajstić information content (AvgIpc) is 3.61. The van der Waals surface area contributed by atoms with Crippen molar-refractivity contribution in [3.05, 3.63) is 89.2 Å². The lowest BCUT2D eigenvalue weighted by Crippen LogP contribution is -2.37. The van der Waals surface area contributed by atoms with E-state index in [0.29, 0.717) is 39.5 Å². The summed E-state index contributed by atoms with van der Waals surface area (Å²) >= 11 is 0. The number of carbonyl (C=O) groups excluding carboxylic acids is 2. The lowest BCUT2D eigenvalue weighted by atomic mass is 10.0. The van der Waals surface area contributed by atoms with Crippen molar-refractivity contribution in [2.45, 2.75) is 31.7 Å². The monoisotopic (exact) mass is 426 g/mol. The maximum Gasteiger partial charge on any atom is 0.259 e. The van der Waals surface area contributed by atoms with Gasteiger partial charge in [-0.15, -0.1) is 0 Å². The number of carbonyl (C=O) groups is 2. The molecule has 0 spiro atoms. The predicted molar refractivity (Wildman–Crippen MR) is 120 cm³/mol. The van der Waals surface area contributed by atoms with Crippen molar-refractivity contribution in [1.82, 2.24) is 15.5 Å². The summed E-state index contributed by atoms with van der Waals surface area (Å²) in [6.07, 6.45) is 2.08. The van der Waals surface area contributed by atoms with E-state index < -0.39 is 6.04 Å². The predicted octanol–water partition coefficient (Wildman–Crippen LogP) is 4.52. The van der Waals surface area contributed by atoms with Crippen molar-refractivity contribution in [3.63, 3.8) is 0 Å². The van der Waals surface area contributed by atoms with Gasteiger partial charge in [-0.1, -0.05) is 53.7 Å². The number of nitrogens with zero attached hydrogens (tertiary/aromatic N) is 2. The van der Waals surface area contributed by atoms with Crippen molar-refractivity contribution in [3.8, 4) is 0 Å². The minimum absolute atomic E-state index is 0.328. The zero-order chi connectivity index (χ0) is 22.1. The molecule has 0 bridgehead atoms. The van der Waals surface area contributed by atoms with Gasteiger partial charge in [0.05, 0.1) is 16.6 Å². The summed E-state index contributed by atoms with van der Waals surface area (Å²) in [5, 5.41) is 10.4. The molecular formula is C25H22N4O3. The molecule has 160 valence electrons. The van der Waals surface area contributed by atoms with Crippen LogP contribution in [0.15, 0.2) is 71.3 Å². The Balaban J connectivity index is 1.49. The first kappa shape index (κ1) is 19.9. The zero-order valence-electron chi connectivity index (χ0n) is 17.5. The Kier molecular flexibility index (Phi) is 5.15. The van der Waals surface area contributed by atoms with Crippen molar-refractivity contribution in [2.75, 3.05) is 5.32 Å². The molecule has 2 aromatic carbocycles. The quantitative estimate of drug-likeness (QED) is 0.473. The molecule has 32 heavy (non-hydrogen) atoms. The Bertz CT molecular complexity index is 1280. The number of aromatic nitrogens is 2. The smallest absolute Gasteiger partial charge is 0.259 e. The Morgan fingerprint density at radius 1 is 1.03 bits per heavy atom. The standard InChI is InChI=1S/C25H22N4O3/c1-15-21-19(14-20(16-12-13-16)27-25(21)32-29-15)23(30)28-22(17-8-4-2-5-9-17)24(31)26-18-10-6-3-7-11-18/h2-11,14,16,22H,12-13H2,1H3,(H,26,31)(H,28,30). The number of anilines is 1. The molecule has 1 atom stereocenters. The van der Waals surface area contributed by atoms with Crippen molar-refractivity contribution < 1.29 is 14.1 Å². The summed E-state index contributed by atoms with van der Waals surface area (Å²) in [6.45, 7) is 1.78. The largest absolute Gasteiger partial charge is 0.336 e. The molecule has 2 aromatic heterocycles. The molecule has 0 saturated heterocycles. The van der Waals surface area contributed by atoms with Crippen LogP contribution in [0.25, 0.3) is 11.1 Å². The summed E-state index contributed by atoms with van der Waals surface area (Å²) in [5.74, 6) is -0.365. The number of hydrogen-bond acceptors (Lipinski definition) is 5. The molecule has 1 fully saturated rings. The molecule has 0 aliphatic heterocycles. The van der Waals surface area contributed by atoms with Gasteiger partial charge in [0.25, 0.3) is 17.5 Å². The first-order chi connectivity index (χ1) is 15.6. The highest BCUT2D eigenvalue weighted by Gasteiger charge is 2.30. The van der Waals surface area contributed by atoms with Crippen LogP contribution in [0.4, 0.5) is 5.69 Å². The molecule has 1 saturated carbocycles. The van der Waals surface area contributed by atoms with Crippen LogP contribution >= 0.6 is 0 Å². The molecule has 2 heterocycles. The number of benzene rings is 2. The molecule has 2 N–H and O–H groups in total. The van der Waals surface area contributed by atoms with Crippen LogP contribution in [-0.2, 0) is 4.79 Å². The number of para-hydroxylation sites is 1. The fourth-order valence-corrected chi connectivity index (χ4v) is 3.77. The van der Waals surface area contributed by atoms with Crippen molar-refractivity contribution >= 4 is 28.6 Å². The van der Waals surface area contributed by atoms with Crippen molar-refractivity contribution in [2.24, 2.45) is 0 Å². The third-order valence-corrected chi connectivity index (χ3v) is 5.59. The Labute approximate surface area is 184 Å². The van der Waals surface area contributed by atoms with Gasteiger partial charge in [-0.3, -0.25) is 9.59 Å². The Hall–Kier alpha value is -4.00. The molecule has 4 aromatic rings. The normalized spacial score (nSPS) is 14.2. The number of aryl methyl sites for hydroxylation is 1. The van der Waals surface area contributed by atoms with Crippen LogP contribution in [-0.4, -0.2) is 22.0 Å². The minimum Gasteiger partial charge on any atom is -0.336 e. The van der Waals surface area contributed by atoms with Gasteiger partial charge in [0.2, 0.25) is 0 Å². The van der Waals surface area contributed by atoms with Crippen LogP contribution in [0.3, 0.4) is 0 Å². The van der Waals surface area contributed by atoms with E-state index in [0.717, 1.165) is 18.5 Å². The van der Waals surface area contributed by atoms with Gasteiger partial charge in [0.15, 0.2) is 0 Å². The SMILES string of the molecule is Cc1noc2nc(C3CC3)cc(C(=O)NC(C(=O)Nc3ccccc3)c3ccccc3)c12. The number of nitrogens with one attached hydrogen (secondary N) is 2. The average molecular weight is 426 g/mol. The van der Waals surface area contributed by atoms with Gasteiger partial charge >= 0.3 is 0 Å². The fraction of sp³-hybridized carbons (Fsp3) is 0.200. The summed E-state index contributed by atoms with van der Waals surface area (Å²) < 4.78 is 5.35. The highest BCUT2D eigenvalue weighted by Crippen LogP contribution is 2.40. The maximum absolute atomic E-state index is 13.5. The highest BCUT2D eigenvalue weighted by atomic mass is 16.5. The second kappa shape index (κ2) is 8.26. The van der Waals surface area contributed by atoms with Gasteiger partial charge in [-0.05, 0) is 43.5 Å². The number of hydrogen-bond donors (Lipinski definition) is 2. The van der Waals surface area contributed by atoms with E-state index in [9.17, 15) is 9.59 Å². The van der Waals surface area contributed by atoms with Gasteiger partial charge < -0.3 is 15.2 Å².